The maximum absolute atomic E-state index is 12.1. The maximum Gasteiger partial charge on any atom is 0.331 e. The zero-order valence-electron chi connectivity index (χ0n) is 12.4. The van der Waals surface area contributed by atoms with Crippen LogP contribution in [0.5, 0.6) is 0 Å². The zero-order chi connectivity index (χ0) is 15.1. The molecule has 1 rings (SSSR count). The third-order valence-electron chi connectivity index (χ3n) is 3.26. The van der Waals surface area contributed by atoms with Crippen molar-refractivity contribution in [2.24, 2.45) is 0 Å². The van der Waals surface area contributed by atoms with Gasteiger partial charge in [0, 0.05) is 24.8 Å². The second-order valence-corrected chi connectivity index (χ2v) is 4.80. The molecule has 6 nitrogen and oxygen atoms in total. The summed E-state index contributed by atoms with van der Waals surface area (Å²) in [6.45, 7) is 6.22. The zero-order valence-corrected chi connectivity index (χ0v) is 12.4. The molecule has 0 aliphatic heterocycles. The minimum Gasteiger partial charge on any atom is -0.352 e. The Morgan fingerprint density at radius 3 is 2.45 bits per heavy atom. The predicted octanol–water partition coefficient (Wildman–Crippen LogP) is 0.725. The lowest BCUT2D eigenvalue weighted by molar-refractivity contribution is -0.122. The number of nitrogens with zero attached hydrogens (tertiary/aromatic N) is 2. The third-order valence-corrected chi connectivity index (χ3v) is 3.26. The van der Waals surface area contributed by atoms with Gasteiger partial charge < -0.3 is 9.88 Å². The lowest BCUT2D eigenvalue weighted by atomic mass is 10.2. The molecule has 0 atom stereocenters. The molecule has 1 heterocycles. The van der Waals surface area contributed by atoms with Gasteiger partial charge in [-0.3, -0.25) is 14.2 Å². The van der Waals surface area contributed by atoms with Crippen LogP contribution in [0, 0.1) is 0 Å². The van der Waals surface area contributed by atoms with Gasteiger partial charge in [-0.15, -0.1) is 0 Å². The molecule has 112 valence electrons. The van der Waals surface area contributed by atoms with Gasteiger partial charge in [-0.1, -0.05) is 20.8 Å². The lowest BCUT2D eigenvalue weighted by Gasteiger charge is -2.15. The fourth-order valence-corrected chi connectivity index (χ4v) is 2.02. The first-order valence-corrected chi connectivity index (χ1v) is 7.13. The lowest BCUT2D eigenvalue weighted by Crippen LogP contribution is -2.44. The molecule has 1 N–H and O–H groups in total. The molecule has 0 aliphatic rings. The molecule has 0 radical (unpaired) electrons. The van der Waals surface area contributed by atoms with Crippen molar-refractivity contribution in [3.63, 3.8) is 0 Å². The van der Waals surface area contributed by atoms with Crippen LogP contribution in [0.25, 0.3) is 0 Å². The summed E-state index contributed by atoms with van der Waals surface area (Å²) in [5.74, 6) is -0.299. The number of nitrogens with one attached hydrogen (secondary N) is 1. The number of hydrogen-bond acceptors (Lipinski definition) is 3. The predicted molar refractivity (Wildman–Crippen MR) is 77.8 cm³/mol. The Morgan fingerprint density at radius 1 is 1.25 bits per heavy atom. The highest BCUT2D eigenvalue weighted by Gasteiger charge is 2.12. The van der Waals surface area contributed by atoms with Gasteiger partial charge in [-0.25, -0.2) is 4.79 Å². The Balaban J connectivity index is 2.92. The van der Waals surface area contributed by atoms with Crippen LogP contribution in [-0.4, -0.2) is 21.1 Å². The van der Waals surface area contributed by atoms with Crippen LogP contribution in [-0.2, 0) is 17.9 Å². The molecule has 1 aromatic heterocycles. The molecule has 0 aliphatic carbocycles. The van der Waals surface area contributed by atoms with Crippen LogP contribution >= 0.6 is 0 Å². The molecule has 20 heavy (non-hydrogen) atoms. The summed E-state index contributed by atoms with van der Waals surface area (Å²) in [5, 5.41) is 2.82. The molecule has 0 fully saturated rings. The average molecular weight is 281 g/mol. The van der Waals surface area contributed by atoms with Crippen LogP contribution < -0.4 is 16.6 Å². The van der Waals surface area contributed by atoms with E-state index in [-0.39, 0.29) is 18.5 Å². The first-order valence-electron chi connectivity index (χ1n) is 7.13. The van der Waals surface area contributed by atoms with Crippen LogP contribution in [0.2, 0.25) is 0 Å². The van der Waals surface area contributed by atoms with Crippen LogP contribution in [0.4, 0.5) is 0 Å². The summed E-state index contributed by atoms with van der Waals surface area (Å²) < 4.78 is 2.43. The van der Waals surface area contributed by atoms with Gasteiger partial charge in [0.15, 0.2) is 0 Å². The van der Waals surface area contributed by atoms with Gasteiger partial charge in [0.05, 0.1) is 0 Å². The Morgan fingerprint density at radius 2 is 1.90 bits per heavy atom. The van der Waals surface area contributed by atoms with Crippen LogP contribution in [0.15, 0.2) is 21.9 Å². The number of hydrogen-bond donors (Lipinski definition) is 1. The number of rotatable bonds is 7. The van der Waals surface area contributed by atoms with Crippen molar-refractivity contribution in [2.75, 3.05) is 0 Å². The van der Waals surface area contributed by atoms with E-state index in [1.54, 1.807) is 0 Å². The van der Waals surface area contributed by atoms with Gasteiger partial charge in [-0.2, -0.15) is 0 Å². The molecule has 0 spiro atoms. The maximum atomic E-state index is 12.1. The number of carbonyl (C=O) groups is 1. The molecule has 0 bridgehead atoms. The Bertz CT molecular complexity index is 556. The SMILES string of the molecule is CCCn1ccc(=O)n(CC(=O)NC(CC)CC)c1=O. The van der Waals surface area contributed by atoms with Crippen molar-refractivity contribution in [3.8, 4) is 0 Å². The standard InChI is InChI=1S/C14H23N3O3/c1-4-8-16-9-7-13(19)17(14(16)20)10-12(18)15-11(5-2)6-3/h7,9,11H,4-6,8,10H2,1-3H3,(H,15,18). The van der Waals surface area contributed by atoms with E-state index in [4.69, 9.17) is 0 Å². The summed E-state index contributed by atoms with van der Waals surface area (Å²) in [6, 6.07) is 1.40. The fourth-order valence-electron chi connectivity index (χ4n) is 2.02. The minimum absolute atomic E-state index is 0.0831. The smallest absolute Gasteiger partial charge is 0.331 e. The first kappa shape index (κ1) is 16.2. The Hall–Kier alpha value is -1.85. The van der Waals surface area contributed by atoms with Crippen molar-refractivity contribution in [1.29, 1.82) is 0 Å². The second-order valence-electron chi connectivity index (χ2n) is 4.80. The topological polar surface area (TPSA) is 73.1 Å². The number of aromatic nitrogens is 2. The van der Waals surface area contributed by atoms with Crippen molar-refractivity contribution >= 4 is 5.91 Å². The van der Waals surface area contributed by atoms with E-state index < -0.39 is 11.2 Å². The summed E-state index contributed by atoms with van der Waals surface area (Å²) in [4.78, 5) is 35.7. The number of aryl methyl sites for hydroxylation is 1. The molecular weight excluding hydrogens is 258 g/mol. The van der Waals surface area contributed by atoms with Crippen molar-refractivity contribution in [2.45, 2.75) is 59.2 Å². The highest BCUT2D eigenvalue weighted by atomic mass is 16.2. The number of amides is 1. The Kier molecular flexibility index (Phi) is 6.21. The molecule has 1 aromatic rings. The third kappa shape index (κ3) is 4.08. The van der Waals surface area contributed by atoms with Gasteiger partial charge in [-0.05, 0) is 19.3 Å². The molecule has 1 amide bonds. The molecular formula is C14H23N3O3. The molecule has 0 saturated heterocycles. The summed E-state index contributed by atoms with van der Waals surface area (Å²) in [5.41, 5.74) is -0.874. The summed E-state index contributed by atoms with van der Waals surface area (Å²) in [6.07, 6.45) is 3.92. The highest BCUT2D eigenvalue weighted by Crippen LogP contribution is 1.95. The van der Waals surface area contributed by atoms with E-state index in [1.807, 2.05) is 20.8 Å². The van der Waals surface area contributed by atoms with Gasteiger partial charge in [0.2, 0.25) is 5.91 Å². The highest BCUT2D eigenvalue weighted by molar-refractivity contribution is 5.76. The summed E-state index contributed by atoms with van der Waals surface area (Å²) >= 11 is 0. The second kappa shape index (κ2) is 7.67. The minimum atomic E-state index is -0.443. The van der Waals surface area contributed by atoms with E-state index in [2.05, 4.69) is 5.32 Å². The van der Waals surface area contributed by atoms with Crippen LogP contribution in [0.1, 0.15) is 40.0 Å². The number of carbonyl (C=O) groups excluding carboxylic acids is 1. The fraction of sp³-hybridized carbons (Fsp3) is 0.643. The largest absolute Gasteiger partial charge is 0.352 e. The van der Waals surface area contributed by atoms with E-state index in [1.165, 1.54) is 16.8 Å². The summed E-state index contributed by atoms with van der Waals surface area (Å²) in [7, 11) is 0. The average Bonchev–Trinajstić information content (AvgIpc) is 2.44. The van der Waals surface area contributed by atoms with E-state index in [9.17, 15) is 14.4 Å². The molecule has 0 unspecified atom stereocenters. The van der Waals surface area contributed by atoms with Crippen molar-refractivity contribution in [3.05, 3.63) is 33.1 Å². The monoisotopic (exact) mass is 281 g/mol. The van der Waals surface area contributed by atoms with Crippen LogP contribution in [0.3, 0.4) is 0 Å². The van der Waals surface area contributed by atoms with E-state index in [0.717, 1.165) is 23.8 Å². The van der Waals surface area contributed by atoms with Gasteiger partial charge in [0.1, 0.15) is 6.54 Å². The van der Waals surface area contributed by atoms with E-state index in [0.29, 0.717) is 6.54 Å². The Labute approximate surface area is 118 Å². The van der Waals surface area contributed by atoms with E-state index >= 15 is 0 Å². The molecule has 0 aromatic carbocycles. The normalized spacial score (nSPS) is 10.8. The van der Waals surface area contributed by atoms with Gasteiger partial charge in [0.25, 0.3) is 5.56 Å². The molecule has 0 saturated carbocycles. The van der Waals surface area contributed by atoms with Gasteiger partial charge >= 0.3 is 5.69 Å². The van der Waals surface area contributed by atoms with Crippen molar-refractivity contribution < 1.29 is 4.79 Å². The molecule has 6 heteroatoms. The first-order chi connectivity index (χ1) is 9.53. The van der Waals surface area contributed by atoms with Crippen molar-refractivity contribution in [1.82, 2.24) is 14.5 Å². The quantitative estimate of drug-likeness (QED) is 0.800.